The Bertz CT molecular complexity index is 651. The highest BCUT2D eigenvalue weighted by molar-refractivity contribution is 5.81. The number of nitrogens with zero attached hydrogens (tertiary/aromatic N) is 5. The van der Waals surface area contributed by atoms with Crippen molar-refractivity contribution in [3.63, 3.8) is 0 Å². The standard InChI is InChI=1S/C13H20N5O3/c1-18(2,3)13-11-12(14-6-15-13)17(7-16-11)10-4-8(20)9(5-19)21-10/h6-10,19-20H,4-5H2,1-3H3/q+1/t8-,9-,10-/m0/s1. The van der Waals surface area contributed by atoms with Crippen molar-refractivity contribution in [2.45, 2.75) is 24.9 Å². The van der Waals surface area contributed by atoms with Crippen LogP contribution < -0.4 is 4.48 Å². The van der Waals surface area contributed by atoms with Crippen LogP contribution in [0.4, 0.5) is 5.82 Å². The van der Waals surface area contributed by atoms with Crippen molar-refractivity contribution in [1.82, 2.24) is 24.0 Å². The normalized spacial score (nSPS) is 26.6. The highest BCUT2D eigenvalue weighted by Crippen LogP contribution is 2.32. The van der Waals surface area contributed by atoms with Gasteiger partial charge in [0.1, 0.15) is 18.7 Å². The van der Waals surface area contributed by atoms with Crippen LogP contribution >= 0.6 is 0 Å². The predicted molar refractivity (Wildman–Crippen MR) is 76.5 cm³/mol. The molecule has 0 aliphatic carbocycles. The molecular formula is C13H20N5O3+. The van der Waals surface area contributed by atoms with Crippen LogP contribution in [0.25, 0.3) is 11.2 Å². The Hall–Kier alpha value is -1.61. The van der Waals surface area contributed by atoms with Crippen LogP contribution in [-0.4, -0.2) is 69.7 Å². The molecule has 8 nitrogen and oxygen atoms in total. The predicted octanol–water partition coefficient (Wildman–Crippen LogP) is -0.336. The van der Waals surface area contributed by atoms with Gasteiger partial charge in [0.05, 0.1) is 40.2 Å². The van der Waals surface area contributed by atoms with Gasteiger partial charge < -0.3 is 14.9 Å². The van der Waals surface area contributed by atoms with Crippen molar-refractivity contribution >= 4 is 17.0 Å². The summed E-state index contributed by atoms with van der Waals surface area (Å²) in [6.45, 7) is -0.205. The second-order valence-corrected chi connectivity index (χ2v) is 6.15. The molecule has 3 atom stereocenters. The molecule has 2 N–H and O–H groups in total. The first kappa shape index (κ1) is 14.3. The van der Waals surface area contributed by atoms with Gasteiger partial charge in [-0.05, 0) is 0 Å². The number of fused-ring (bicyclic) bond motifs is 1. The summed E-state index contributed by atoms with van der Waals surface area (Å²) in [4.78, 5) is 13.0. The second kappa shape index (κ2) is 4.99. The zero-order valence-corrected chi connectivity index (χ0v) is 12.3. The molecule has 114 valence electrons. The van der Waals surface area contributed by atoms with E-state index in [1.54, 1.807) is 10.9 Å². The zero-order valence-electron chi connectivity index (χ0n) is 12.3. The van der Waals surface area contributed by atoms with Gasteiger partial charge in [0.15, 0.2) is 11.2 Å². The third-order valence-corrected chi connectivity index (χ3v) is 3.67. The maximum Gasteiger partial charge on any atom is 0.258 e. The van der Waals surface area contributed by atoms with Gasteiger partial charge in [0.25, 0.3) is 5.82 Å². The first-order chi connectivity index (χ1) is 9.91. The van der Waals surface area contributed by atoms with E-state index in [0.29, 0.717) is 16.6 Å². The largest absolute Gasteiger partial charge is 0.394 e. The van der Waals surface area contributed by atoms with Crippen LogP contribution in [0.15, 0.2) is 12.7 Å². The first-order valence-electron chi connectivity index (χ1n) is 6.85. The van der Waals surface area contributed by atoms with Gasteiger partial charge in [-0.15, -0.1) is 0 Å². The smallest absolute Gasteiger partial charge is 0.258 e. The average molecular weight is 294 g/mol. The third kappa shape index (κ3) is 2.40. The van der Waals surface area contributed by atoms with Gasteiger partial charge in [0, 0.05) is 6.42 Å². The number of aliphatic hydroxyl groups is 2. The third-order valence-electron chi connectivity index (χ3n) is 3.67. The monoisotopic (exact) mass is 294 g/mol. The summed E-state index contributed by atoms with van der Waals surface area (Å²) in [6, 6.07) is 0. The summed E-state index contributed by atoms with van der Waals surface area (Å²) in [5.41, 5.74) is 1.39. The highest BCUT2D eigenvalue weighted by atomic mass is 16.5. The maximum atomic E-state index is 9.86. The van der Waals surface area contributed by atoms with Gasteiger partial charge in [0.2, 0.25) is 0 Å². The summed E-state index contributed by atoms with van der Waals surface area (Å²) in [5.74, 6) is 0.816. The molecule has 1 fully saturated rings. The minimum atomic E-state index is -0.683. The molecule has 8 heteroatoms. The number of imidazole rings is 1. The fourth-order valence-corrected chi connectivity index (χ4v) is 2.59. The van der Waals surface area contributed by atoms with Crippen LogP contribution in [0.1, 0.15) is 12.6 Å². The number of aliphatic hydroxyl groups excluding tert-OH is 2. The lowest BCUT2D eigenvalue weighted by atomic mass is 10.2. The number of hydrogen-bond acceptors (Lipinski definition) is 6. The molecule has 0 amide bonds. The van der Waals surface area contributed by atoms with Gasteiger partial charge in [-0.3, -0.25) is 9.05 Å². The molecule has 1 aliphatic rings. The Morgan fingerprint density at radius 2 is 2.10 bits per heavy atom. The summed E-state index contributed by atoms with van der Waals surface area (Å²) >= 11 is 0. The SMILES string of the molecule is C[N+](C)(C)c1ncnc2c1ncn2[C@@H]1C[C@H](O)[C@H](CO)O1. The molecule has 3 rings (SSSR count). The lowest BCUT2D eigenvalue weighted by molar-refractivity contribution is -0.0432. The molecule has 0 bridgehead atoms. The quantitative estimate of drug-likeness (QED) is 0.753. The van der Waals surface area contributed by atoms with Crippen molar-refractivity contribution in [2.75, 3.05) is 27.7 Å². The van der Waals surface area contributed by atoms with Crippen molar-refractivity contribution in [2.24, 2.45) is 0 Å². The minimum Gasteiger partial charge on any atom is -0.394 e. The second-order valence-electron chi connectivity index (χ2n) is 6.15. The van der Waals surface area contributed by atoms with Gasteiger partial charge in [-0.25, -0.2) is 9.97 Å². The fraction of sp³-hybridized carbons (Fsp3) is 0.615. The van der Waals surface area contributed by atoms with E-state index in [0.717, 1.165) is 11.3 Å². The molecule has 0 unspecified atom stereocenters. The van der Waals surface area contributed by atoms with Crippen molar-refractivity contribution < 1.29 is 14.9 Å². The molecule has 0 saturated carbocycles. The van der Waals surface area contributed by atoms with Crippen LogP contribution in [0.2, 0.25) is 0 Å². The molecule has 0 radical (unpaired) electrons. The lowest BCUT2D eigenvalue weighted by Gasteiger charge is -2.21. The minimum absolute atomic E-state index is 0.205. The van der Waals surface area contributed by atoms with E-state index in [4.69, 9.17) is 4.74 Å². The van der Waals surface area contributed by atoms with Crippen molar-refractivity contribution in [1.29, 1.82) is 0 Å². The van der Waals surface area contributed by atoms with E-state index in [9.17, 15) is 10.2 Å². The topological polar surface area (TPSA) is 93.3 Å². The van der Waals surface area contributed by atoms with E-state index in [1.165, 1.54) is 6.33 Å². The molecular weight excluding hydrogens is 274 g/mol. The van der Waals surface area contributed by atoms with Crippen LogP contribution in [0, 0.1) is 0 Å². The van der Waals surface area contributed by atoms with Crippen molar-refractivity contribution in [3.8, 4) is 0 Å². The van der Waals surface area contributed by atoms with Crippen LogP contribution in [0.5, 0.6) is 0 Å². The van der Waals surface area contributed by atoms with E-state index < -0.39 is 12.2 Å². The van der Waals surface area contributed by atoms with Gasteiger partial charge in [-0.2, -0.15) is 4.98 Å². The number of rotatable bonds is 3. The summed E-state index contributed by atoms with van der Waals surface area (Å²) < 4.78 is 7.98. The Morgan fingerprint density at radius 3 is 2.71 bits per heavy atom. The fourth-order valence-electron chi connectivity index (χ4n) is 2.59. The highest BCUT2D eigenvalue weighted by Gasteiger charge is 2.36. The molecule has 2 aromatic heterocycles. The maximum absolute atomic E-state index is 9.86. The summed E-state index contributed by atoms with van der Waals surface area (Å²) in [5, 5.41) is 19.0. The van der Waals surface area contributed by atoms with Crippen molar-refractivity contribution in [3.05, 3.63) is 12.7 Å². The molecule has 0 spiro atoms. The number of ether oxygens (including phenoxy) is 1. The van der Waals surface area contributed by atoms with E-state index >= 15 is 0 Å². The number of aromatic nitrogens is 4. The molecule has 3 heterocycles. The number of quaternary nitrogens is 1. The summed E-state index contributed by atoms with van der Waals surface area (Å²) in [6.07, 6.45) is 1.94. The summed E-state index contributed by atoms with van der Waals surface area (Å²) in [7, 11) is 6.04. The zero-order chi connectivity index (χ0) is 15.2. The average Bonchev–Trinajstić information content (AvgIpc) is 3.00. The molecule has 1 saturated heterocycles. The van der Waals surface area contributed by atoms with Crippen LogP contribution in [-0.2, 0) is 4.74 Å². The molecule has 21 heavy (non-hydrogen) atoms. The van der Waals surface area contributed by atoms with Crippen LogP contribution in [0.3, 0.4) is 0 Å². The first-order valence-corrected chi connectivity index (χ1v) is 6.85. The molecule has 0 aromatic carbocycles. The van der Waals surface area contributed by atoms with Gasteiger partial charge in [-0.1, -0.05) is 0 Å². The molecule has 2 aromatic rings. The Balaban J connectivity index is 2.02. The lowest BCUT2D eigenvalue weighted by Crippen LogP contribution is -2.36. The van der Waals surface area contributed by atoms with E-state index in [-0.39, 0.29) is 12.8 Å². The van der Waals surface area contributed by atoms with Gasteiger partial charge >= 0.3 is 0 Å². The Morgan fingerprint density at radius 1 is 1.33 bits per heavy atom. The Kier molecular flexibility index (Phi) is 3.40. The molecule has 1 aliphatic heterocycles. The number of hydrogen-bond donors (Lipinski definition) is 2. The Labute approximate surface area is 122 Å². The van der Waals surface area contributed by atoms with E-state index in [2.05, 4.69) is 15.0 Å². The van der Waals surface area contributed by atoms with E-state index in [1.807, 2.05) is 21.1 Å².